The van der Waals surface area contributed by atoms with Gasteiger partial charge in [-0.25, -0.2) is 4.79 Å². The molecule has 2 heterocycles. The van der Waals surface area contributed by atoms with E-state index in [1.165, 1.54) is 26.5 Å². The average Bonchev–Trinajstić information content (AvgIpc) is 3.05. The van der Waals surface area contributed by atoms with Gasteiger partial charge in [0.2, 0.25) is 0 Å². The standard InChI is InChI=1S/C15H19ClN2O2/c1-20-15(19)10-4-5-11(16)13(9-10)17-12-6-8-18-7-2-3-14(12)18/h4-5,9,12,14,17H,2-3,6-8H2,1H3. The number of fused-ring (bicyclic) bond motifs is 1. The first kappa shape index (κ1) is 13.7. The number of ether oxygens (including phenoxy) is 1. The van der Waals surface area contributed by atoms with Crippen molar-refractivity contribution >= 4 is 23.3 Å². The summed E-state index contributed by atoms with van der Waals surface area (Å²) in [6.45, 7) is 2.36. The van der Waals surface area contributed by atoms with Crippen molar-refractivity contribution < 1.29 is 9.53 Å². The summed E-state index contributed by atoms with van der Waals surface area (Å²) >= 11 is 6.24. The predicted octanol–water partition coefficient (Wildman–Crippen LogP) is 2.78. The minimum Gasteiger partial charge on any atom is -0.465 e. The maximum Gasteiger partial charge on any atom is 0.337 e. The van der Waals surface area contributed by atoms with E-state index >= 15 is 0 Å². The van der Waals surface area contributed by atoms with E-state index in [2.05, 4.69) is 10.2 Å². The molecule has 2 aliphatic heterocycles. The first-order valence-corrected chi connectivity index (χ1v) is 7.45. The summed E-state index contributed by atoms with van der Waals surface area (Å²) in [5.74, 6) is -0.335. The molecule has 0 amide bonds. The molecule has 5 heteroatoms. The number of esters is 1. The number of rotatable bonds is 3. The Bertz CT molecular complexity index is 521. The van der Waals surface area contributed by atoms with Crippen LogP contribution in [0.4, 0.5) is 5.69 Å². The second-order valence-electron chi connectivity index (χ2n) is 5.47. The first-order chi connectivity index (χ1) is 9.69. The molecule has 2 atom stereocenters. The Balaban J connectivity index is 1.78. The molecule has 4 nitrogen and oxygen atoms in total. The molecule has 20 heavy (non-hydrogen) atoms. The summed E-state index contributed by atoms with van der Waals surface area (Å²) in [5.41, 5.74) is 1.36. The molecule has 2 unspecified atom stereocenters. The van der Waals surface area contributed by atoms with Crippen LogP contribution in [0.1, 0.15) is 29.6 Å². The van der Waals surface area contributed by atoms with Crippen LogP contribution in [-0.2, 0) is 4.74 Å². The molecule has 0 aromatic heterocycles. The Morgan fingerprint density at radius 2 is 2.25 bits per heavy atom. The average molecular weight is 295 g/mol. The van der Waals surface area contributed by atoms with E-state index in [1.807, 2.05) is 0 Å². The minimum absolute atomic E-state index is 0.335. The molecule has 1 N–H and O–H groups in total. The normalized spacial score (nSPS) is 25.5. The zero-order chi connectivity index (χ0) is 14.1. The van der Waals surface area contributed by atoms with Crippen molar-refractivity contribution in [2.24, 2.45) is 0 Å². The third-order valence-corrected chi connectivity index (χ3v) is 4.66. The van der Waals surface area contributed by atoms with Gasteiger partial charge in [0, 0.05) is 18.6 Å². The zero-order valence-corrected chi connectivity index (χ0v) is 12.3. The highest BCUT2D eigenvalue weighted by Crippen LogP contribution is 2.32. The fourth-order valence-corrected chi connectivity index (χ4v) is 3.50. The molecule has 2 saturated heterocycles. The molecule has 108 valence electrons. The number of benzene rings is 1. The van der Waals surface area contributed by atoms with E-state index in [1.54, 1.807) is 18.2 Å². The Morgan fingerprint density at radius 3 is 3.05 bits per heavy atom. The van der Waals surface area contributed by atoms with Crippen LogP contribution < -0.4 is 5.32 Å². The molecule has 1 aromatic carbocycles. The molecule has 0 aliphatic carbocycles. The summed E-state index contributed by atoms with van der Waals surface area (Å²) in [7, 11) is 1.39. The van der Waals surface area contributed by atoms with E-state index in [0.717, 1.165) is 18.7 Å². The third kappa shape index (κ3) is 2.50. The SMILES string of the molecule is COC(=O)c1ccc(Cl)c(NC2CCN3CCCC23)c1. The molecule has 2 aliphatic rings. The van der Waals surface area contributed by atoms with Crippen molar-refractivity contribution in [1.29, 1.82) is 0 Å². The van der Waals surface area contributed by atoms with Crippen molar-refractivity contribution in [2.75, 3.05) is 25.5 Å². The van der Waals surface area contributed by atoms with Gasteiger partial charge in [-0.1, -0.05) is 11.6 Å². The lowest BCUT2D eigenvalue weighted by Gasteiger charge is -2.23. The topological polar surface area (TPSA) is 41.6 Å². The molecule has 1 aromatic rings. The summed E-state index contributed by atoms with van der Waals surface area (Å²) < 4.78 is 4.75. The lowest BCUT2D eigenvalue weighted by atomic mass is 10.1. The molecule has 0 bridgehead atoms. The number of nitrogens with zero attached hydrogens (tertiary/aromatic N) is 1. The Kier molecular flexibility index (Phi) is 3.85. The monoisotopic (exact) mass is 294 g/mol. The number of methoxy groups -OCH3 is 1. The maximum absolute atomic E-state index is 11.6. The number of carbonyl (C=O) groups excluding carboxylic acids is 1. The van der Waals surface area contributed by atoms with E-state index < -0.39 is 0 Å². The largest absolute Gasteiger partial charge is 0.465 e. The van der Waals surface area contributed by atoms with Crippen LogP contribution in [-0.4, -0.2) is 43.2 Å². The fourth-order valence-electron chi connectivity index (χ4n) is 3.33. The number of carbonyl (C=O) groups is 1. The summed E-state index contributed by atoms with van der Waals surface area (Å²) in [5, 5.41) is 4.17. The molecule has 0 saturated carbocycles. The lowest BCUT2D eigenvalue weighted by Crippen LogP contribution is -2.33. The summed E-state index contributed by atoms with van der Waals surface area (Å²) in [6.07, 6.45) is 3.65. The lowest BCUT2D eigenvalue weighted by molar-refractivity contribution is 0.0601. The van der Waals surface area contributed by atoms with E-state index in [-0.39, 0.29) is 5.97 Å². The molecule has 3 rings (SSSR count). The quantitative estimate of drug-likeness (QED) is 0.871. The van der Waals surface area contributed by atoms with Gasteiger partial charge < -0.3 is 10.1 Å². The second-order valence-corrected chi connectivity index (χ2v) is 5.88. The van der Waals surface area contributed by atoms with Gasteiger partial charge in [0.25, 0.3) is 0 Å². The van der Waals surface area contributed by atoms with Gasteiger partial charge in [-0.05, 0) is 44.0 Å². The molecular formula is C15H19ClN2O2. The van der Waals surface area contributed by atoms with Crippen molar-refractivity contribution in [2.45, 2.75) is 31.3 Å². The van der Waals surface area contributed by atoms with Gasteiger partial charge in [-0.3, -0.25) is 4.90 Å². The van der Waals surface area contributed by atoms with Crippen LogP contribution in [0.2, 0.25) is 5.02 Å². The fraction of sp³-hybridized carbons (Fsp3) is 0.533. The van der Waals surface area contributed by atoms with Crippen molar-refractivity contribution in [1.82, 2.24) is 4.90 Å². The van der Waals surface area contributed by atoms with Gasteiger partial charge in [0.05, 0.1) is 23.4 Å². The number of hydrogen-bond acceptors (Lipinski definition) is 4. The van der Waals surface area contributed by atoms with Crippen LogP contribution in [0.15, 0.2) is 18.2 Å². The van der Waals surface area contributed by atoms with Crippen LogP contribution in [0.5, 0.6) is 0 Å². The second kappa shape index (κ2) is 5.62. The third-order valence-electron chi connectivity index (χ3n) is 4.33. The molecule has 2 fully saturated rings. The number of nitrogens with one attached hydrogen (secondary N) is 1. The van der Waals surface area contributed by atoms with Gasteiger partial charge in [0.1, 0.15) is 0 Å². The van der Waals surface area contributed by atoms with Gasteiger partial charge in [-0.15, -0.1) is 0 Å². The number of hydrogen-bond donors (Lipinski definition) is 1. The summed E-state index contributed by atoms with van der Waals surface area (Å²) in [4.78, 5) is 14.1. The predicted molar refractivity (Wildman–Crippen MR) is 79.4 cm³/mol. The Hall–Kier alpha value is -1.26. The summed E-state index contributed by atoms with van der Waals surface area (Å²) in [6, 6.07) is 6.25. The van der Waals surface area contributed by atoms with Gasteiger partial charge in [-0.2, -0.15) is 0 Å². The molecule has 0 radical (unpaired) electrons. The van der Waals surface area contributed by atoms with E-state index in [0.29, 0.717) is 22.7 Å². The molecule has 0 spiro atoms. The Labute approximate surface area is 124 Å². The highest BCUT2D eigenvalue weighted by atomic mass is 35.5. The molecular weight excluding hydrogens is 276 g/mol. The first-order valence-electron chi connectivity index (χ1n) is 7.07. The highest BCUT2D eigenvalue weighted by Gasteiger charge is 2.37. The van der Waals surface area contributed by atoms with Crippen LogP contribution in [0.25, 0.3) is 0 Å². The number of halogens is 1. The van der Waals surface area contributed by atoms with Crippen molar-refractivity contribution in [3.8, 4) is 0 Å². The zero-order valence-electron chi connectivity index (χ0n) is 11.6. The van der Waals surface area contributed by atoms with Crippen LogP contribution in [0, 0.1) is 0 Å². The highest BCUT2D eigenvalue weighted by molar-refractivity contribution is 6.33. The van der Waals surface area contributed by atoms with E-state index in [4.69, 9.17) is 16.3 Å². The smallest absolute Gasteiger partial charge is 0.337 e. The minimum atomic E-state index is -0.335. The van der Waals surface area contributed by atoms with Crippen molar-refractivity contribution in [3.63, 3.8) is 0 Å². The van der Waals surface area contributed by atoms with E-state index in [9.17, 15) is 4.79 Å². The number of anilines is 1. The van der Waals surface area contributed by atoms with Gasteiger partial charge in [0.15, 0.2) is 0 Å². The van der Waals surface area contributed by atoms with Crippen LogP contribution >= 0.6 is 11.6 Å². The van der Waals surface area contributed by atoms with Crippen molar-refractivity contribution in [3.05, 3.63) is 28.8 Å². The van der Waals surface area contributed by atoms with Crippen LogP contribution in [0.3, 0.4) is 0 Å². The maximum atomic E-state index is 11.6. The van der Waals surface area contributed by atoms with Gasteiger partial charge >= 0.3 is 5.97 Å². The Morgan fingerprint density at radius 1 is 1.40 bits per heavy atom.